The van der Waals surface area contributed by atoms with Gasteiger partial charge in [-0.2, -0.15) is 4.31 Å². The SMILES string of the molecule is CCN(CCOC)S(=O)(=O)c1ccc(F)c(C(=O)O)c1F. The van der Waals surface area contributed by atoms with Gasteiger partial charge < -0.3 is 9.84 Å². The fraction of sp³-hybridized carbons (Fsp3) is 0.417. The minimum atomic E-state index is -4.28. The van der Waals surface area contributed by atoms with Crippen LogP contribution < -0.4 is 0 Å². The first-order valence-corrected chi connectivity index (χ1v) is 7.41. The highest BCUT2D eigenvalue weighted by Crippen LogP contribution is 2.24. The number of hydrogen-bond donors (Lipinski definition) is 1. The quantitative estimate of drug-likeness (QED) is 0.818. The van der Waals surface area contributed by atoms with Crippen molar-refractivity contribution in [2.45, 2.75) is 11.8 Å². The Kier molecular flexibility index (Phi) is 5.76. The molecule has 0 aliphatic heterocycles. The lowest BCUT2D eigenvalue weighted by atomic mass is 10.2. The van der Waals surface area contributed by atoms with Crippen LogP contribution in [0.5, 0.6) is 0 Å². The summed E-state index contributed by atoms with van der Waals surface area (Å²) in [6.07, 6.45) is 0. The number of halogens is 2. The summed E-state index contributed by atoms with van der Waals surface area (Å²) < 4.78 is 57.6. The normalized spacial score (nSPS) is 11.9. The molecule has 0 bridgehead atoms. The first-order chi connectivity index (χ1) is 9.77. The van der Waals surface area contributed by atoms with E-state index in [0.717, 1.165) is 4.31 Å². The number of nitrogens with zero attached hydrogens (tertiary/aromatic N) is 1. The molecule has 9 heteroatoms. The Bertz CT molecular complexity index is 633. The molecule has 1 N–H and O–H groups in total. The molecular weight excluding hydrogens is 308 g/mol. The number of hydrogen-bond acceptors (Lipinski definition) is 4. The Morgan fingerprint density at radius 1 is 1.38 bits per heavy atom. The van der Waals surface area contributed by atoms with Crippen LogP contribution in [0.25, 0.3) is 0 Å². The van der Waals surface area contributed by atoms with E-state index in [1.807, 2.05) is 0 Å². The number of ether oxygens (including phenoxy) is 1. The summed E-state index contributed by atoms with van der Waals surface area (Å²) in [6, 6.07) is 1.32. The van der Waals surface area contributed by atoms with Gasteiger partial charge in [0, 0.05) is 20.2 Å². The van der Waals surface area contributed by atoms with Crippen LogP contribution in [0, 0.1) is 11.6 Å². The Morgan fingerprint density at radius 3 is 2.48 bits per heavy atom. The third-order valence-corrected chi connectivity index (χ3v) is 4.78. The zero-order chi connectivity index (χ0) is 16.2. The van der Waals surface area contributed by atoms with Crippen molar-refractivity contribution in [3.63, 3.8) is 0 Å². The average Bonchev–Trinajstić information content (AvgIpc) is 2.38. The average molecular weight is 323 g/mol. The number of methoxy groups -OCH3 is 1. The highest BCUT2D eigenvalue weighted by molar-refractivity contribution is 7.89. The van der Waals surface area contributed by atoms with Crippen molar-refractivity contribution >= 4 is 16.0 Å². The lowest BCUT2D eigenvalue weighted by Crippen LogP contribution is -2.34. The number of benzene rings is 1. The molecule has 1 aromatic carbocycles. The van der Waals surface area contributed by atoms with E-state index in [1.54, 1.807) is 0 Å². The number of rotatable bonds is 7. The maximum Gasteiger partial charge on any atom is 0.341 e. The molecule has 0 saturated carbocycles. The van der Waals surface area contributed by atoms with Gasteiger partial charge in [0.2, 0.25) is 10.0 Å². The molecule has 0 unspecified atom stereocenters. The molecule has 0 amide bonds. The smallest absolute Gasteiger partial charge is 0.341 e. The number of aromatic carboxylic acids is 1. The molecule has 0 spiro atoms. The summed E-state index contributed by atoms with van der Waals surface area (Å²) >= 11 is 0. The summed E-state index contributed by atoms with van der Waals surface area (Å²) in [5, 5.41) is 8.77. The molecular formula is C12H15F2NO5S. The number of likely N-dealkylation sites (N-methyl/N-ethyl adjacent to an activating group) is 1. The molecule has 0 saturated heterocycles. The number of carboxylic acid groups (broad SMARTS) is 1. The predicted molar refractivity (Wildman–Crippen MR) is 69.6 cm³/mol. The van der Waals surface area contributed by atoms with Crippen molar-refractivity contribution in [3.05, 3.63) is 29.3 Å². The van der Waals surface area contributed by atoms with E-state index in [-0.39, 0.29) is 19.7 Å². The van der Waals surface area contributed by atoms with Gasteiger partial charge in [0.05, 0.1) is 6.61 Å². The summed E-state index contributed by atoms with van der Waals surface area (Å²) in [7, 11) is -2.90. The molecule has 1 aromatic rings. The third-order valence-electron chi connectivity index (χ3n) is 2.78. The highest BCUT2D eigenvalue weighted by atomic mass is 32.2. The van der Waals surface area contributed by atoms with E-state index < -0.39 is 38.1 Å². The molecule has 0 heterocycles. The summed E-state index contributed by atoms with van der Waals surface area (Å²) in [6.45, 7) is 1.62. The van der Waals surface area contributed by atoms with Gasteiger partial charge in [-0.25, -0.2) is 22.0 Å². The van der Waals surface area contributed by atoms with Gasteiger partial charge in [-0.3, -0.25) is 0 Å². The number of carboxylic acids is 1. The van der Waals surface area contributed by atoms with Crippen molar-refractivity contribution in [3.8, 4) is 0 Å². The standard InChI is InChI=1S/C12H15F2NO5S/c1-3-15(6-7-20-2)21(18,19)9-5-4-8(13)10(11(9)14)12(16)17/h4-5H,3,6-7H2,1-2H3,(H,16,17). The third kappa shape index (κ3) is 3.55. The topological polar surface area (TPSA) is 83.9 Å². The van der Waals surface area contributed by atoms with E-state index in [9.17, 15) is 22.0 Å². The van der Waals surface area contributed by atoms with Crippen molar-refractivity contribution in [1.29, 1.82) is 0 Å². The van der Waals surface area contributed by atoms with Crippen LogP contribution in [-0.2, 0) is 14.8 Å². The van der Waals surface area contributed by atoms with Gasteiger partial charge in [0.25, 0.3) is 0 Å². The maximum absolute atomic E-state index is 14.0. The minimum Gasteiger partial charge on any atom is -0.477 e. The van der Waals surface area contributed by atoms with E-state index in [4.69, 9.17) is 9.84 Å². The molecule has 118 valence electrons. The second-order valence-electron chi connectivity index (χ2n) is 4.03. The maximum atomic E-state index is 14.0. The van der Waals surface area contributed by atoms with Crippen LogP contribution in [0.3, 0.4) is 0 Å². The number of sulfonamides is 1. The second kappa shape index (κ2) is 6.92. The zero-order valence-electron chi connectivity index (χ0n) is 11.5. The van der Waals surface area contributed by atoms with Crippen LogP contribution in [0.1, 0.15) is 17.3 Å². The first kappa shape index (κ1) is 17.5. The van der Waals surface area contributed by atoms with Gasteiger partial charge in [0.1, 0.15) is 16.3 Å². The molecule has 0 fully saturated rings. The predicted octanol–water partition coefficient (Wildman–Crippen LogP) is 1.32. The highest BCUT2D eigenvalue weighted by Gasteiger charge is 2.30. The van der Waals surface area contributed by atoms with Gasteiger partial charge in [-0.1, -0.05) is 6.92 Å². The Balaban J connectivity index is 3.38. The molecule has 0 aromatic heterocycles. The summed E-state index contributed by atoms with van der Waals surface area (Å²) in [5.41, 5.74) is -1.29. The van der Waals surface area contributed by atoms with Crippen LogP contribution >= 0.6 is 0 Å². The van der Waals surface area contributed by atoms with E-state index in [1.165, 1.54) is 14.0 Å². The zero-order valence-corrected chi connectivity index (χ0v) is 12.3. The molecule has 6 nitrogen and oxygen atoms in total. The minimum absolute atomic E-state index is 0.0327. The van der Waals surface area contributed by atoms with Crippen molar-refractivity contribution < 1.29 is 31.8 Å². The van der Waals surface area contributed by atoms with Crippen LogP contribution in [0.2, 0.25) is 0 Å². The summed E-state index contributed by atoms with van der Waals surface area (Å²) in [5.74, 6) is -4.82. The Labute approximate surface area is 121 Å². The Hall–Kier alpha value is -1.58. The fourth-order valence-corrected chi connectivity index (χ4v) is 3.21. The van der Waals surface area contributed by atoms with E-state index in [0.29, 0.717) is 12.1 Å². The van der Waals surface area contributed by atoms with Gasteiger partial charge in [0.15, 0.2) is 5.82 Å². The molecule has 0 aliphatic rings. The van der Waals surface area contributed by atoms with Gasteiger partial charge >= 0.3 is 5.97 Å². The second-order valence-corrected chi connectivity index (χ2v) is 5.94. The van der Waals surface area contributed by atoms with Gasteiger partial charge in [-0.15, -0.1) is 0 Å². The summed E-state index contributed by atoms with van der Waals surface area (Å²) in [4.78, 5) is 9.95. The molecule has 0 atom stereocenters. The van der Waals surface area contributed by atoms with Crippen molar-refractivity contribution in [1.82, 2.24) is 4.31 Å². The molecule has 0 radical (unpaired) electrons. The van der Waals surface area contributed by atoms with Gasteiger partial charge in [-0.05, 0) is 12.1 Å². The molecule has 21 heavy (non-hydrogen) atoms. The first-order valence-electron chi connectivity index (χ1n) is 5.97. The Morgan fingerprint density at radius 2 is 2.00 bits per heavy atom. The van der Waals surface area contributed by atoms with Crippen LogP contribution in [-0.4, -0.2) is 50.6 Å². The lowest BCUT2D eigenvalue weighted by molar-refractivity contribution is 0.0685. The van der Waals surface area contributed by atoms with Crippen LogP contribution in [0.4, 0.5) is 8.78 Å². The van der Waals surface area contributed by atoms with Crippen molar-refractivity contribution in [2.24, 2.45) is 0 Å². The molecule has 1 rings (SSSR count). The van der Waals surface area contributed by atoms with E-state index >= 15 is 0 Å². The molecule has 0 aliphatic carbocycles. The lowest BCUT2D eigenvalue weighted by Gasteiger charge is -2.20. The van der Waals surface area contributed by atoms with Crippen LogP contribution in [0.15, 0.2) is 17.0 Å². The van der Waals surface area contributed by atoms with Crippen molar-refractivity contribution in [2.75, 3.05) is 26.8 Å². The monoisotopic (exact) mass is 323 g/mol. The number of carbonyl (C=O) groups is 1. The fourth-order valence-electron chi connectivity index (χ4n) is 1.71. The largest absolute Gasteiger partial charge is 0.477 e. The van der Waals surface area contributed by atoms with E-state index in [2.05, 4.69) is 0 Å².